The van der Waals surface area contributed by atoms with E-state index in [2.05, 4.69) is 9.94 Å². The van der Waals surface area contributed by atoms with Gasteiger partial charge in [0, 0.05) is 0 Å². The van der Waals surface area contributed by atoms with E-state index < -0.39 is 0 Å². The maximum atomic E-state index is 8.41. The molecule has 1 atom stereocenters. The molecule has 0 aliphatic heterocycles. The second-order valence-electron chi connectivity index (χ2n) is 2.06. The van der Waals surface area contributed by atoms with Crippen LogP contribution in [0.1, 0.15) is 13.3 Å². The van der Waals surface area contributed by atoms with E-state index in [-0.39, 0.29) is 39.7 Å². The molecule has 0 saturated heterocycles. The molecular weight excluding hydrogens is 272 g/mol. The van der Waals surface area contributed by atoms with Crippen LogP contribution in [-0.2, 0) is 0 Å². The first-order valence-corrected chi connectivity index (χ1v) is 6.75. The van der Waals surface area contributed by atoms with Gasteiger partial charge >= 0.3 is 79.2 Å². The summed E-state index contributed by atoms with van der Waals surface area (Å²) in [6, 6.07) is 0.116. The Morgan fingerprint density at radius 1 is 1.36 bits per heavy atom. The van der Waals surface area contributed by atoms with E-state index in [1.165, 1.54) is 0 Å². The zero-order chi connectivity index (χ0) is 8.69. The van der Waals surface area contributed by atoms with Crippen molar-refractivity contribution in [1.29, 1.82) is 10.5 Å². The molecule has 3 nitrogen and oxygen atoms in total. The topological polar surface area (TPSA) is 73.6 Å². The van der Waals surface area contributed by atoms with Crippen molar-refractivity contribution in [2.45, 2.75) is 23.1 Å². The van der Waals surface area contributed by atoms with Gasteiger partial charge in [-0.05, 0) is 0 Å². The predicted octanol–water partition coefficient (Wildman–Crippen LogP) is -0.160. The molecule has 11 heavy (non-hydrogen) atoms. The molecule has 0 saturated carbocycles. The second-order valence-corrected chi connectivity index (χ2v) is 7.72. The predicted molar refractivity (Wildman–Crippen MR) is 44.8 cm³/mol. The van der Waals surface area contributed by atoms with Crippen molar-refractivity contribution in [2.75, 3.05) is 0 Å². The van der Waals surface area contributed by atoms with Crippen LogP contribution >= 0.6 is 0 Å². The molecule has 0 aromatic carbocycles. The summed E-state index contributed by atoms with van der Waals surface area (Å²) >= 11 is -0.104. The summed E-state index contributed by atoms with van der Waals surface area (Å²) in [6.07, 6.45) is 0.821. The SMILES string of the molecule is CC(N)CC([Se]C#N)[Se]C#N. The van der Waals surface area contributed by atoms with Gasteiger partial charge in [0.2, 0.25) is 0 Å². The molecule has 0 aromatic rings. The first kappa shape index (κ1) is 11.0. The van der Waals surface area contributed by atoms with Gasteiger partial charge in [-0.3, -0.25) is 0 Å². The molecule has 0 aliphatic carbocycles. The van der Waals surface area contributed by atoms with E-state index in [1.54, 1.807) is 0 Å². The number of hydrogen-bond acceptors (Lipinski definition) is 3. The quantitative estimate of drug-likeness (QED) is 0.728. The van der Waals surface area contributed by atoms with Crippen molar-refractivity contribution >= 4 is 29.9 Å². The molecule has 0 aromatic heterocycles. The number of nitriles is 2. The Labute approximate surface area is 79.3 Å². The standard InChI is InChI=1S/C6H9N3Se2/c1-5(9)2-6(10-3-7)11-4-8/h5-6H,2,9H2,1H3. The molecule has 60 valence electrons. The molecule has 0 amide bonds. The molecule has 0 bridgehead atoms. The van der Waals surface area contributed by atoms with E-state index >= 15 is 0 Å². The van der Waals surface area contributed by atoms with Crippen molar-refractivity contribution in [1.82, 2.24) is 0 Å². The molecular formula is C6H9N3Se2. The fourth-order valence-corrected chi connectivity index (χ4v) is 4.28. The summed E-state index contributed by atoms with van der Waals surface area (Å²) in [5.74, 6) is 0. The van der Waals surface area contributed by atoms with Crippen molar-refractivity contribution in [3.63, 3.8) is 0 Å². The van der Waals surface area contributed by atoms with Gasteiger partial charge in [0.05, 0.1) is 0 Å². The van der Waals surface area contributed by atoms with Gasteiger partial charge in [-0.1, -0.05) is 0 Å². The zero-order valence-corrected chi connectivity index (χ0v) is 9.58. The minimum atomic E-state index is -0.0522. The Kier molecular flexibility index (Phi) is 6.66. The summed E-state index contributed by atoms with van der Waals surface area (Å²) in [7, 11) is 0. The van der Waals surface area contributed by atoms with Crippen molar-refractivity contribution in [2.24, 2.45) is 5.73 Å². The molecule has 5 heteroatoms. The van der Waals surface area contributed by atoms with E-state index in [1.807, 2.05) is 6.92 Å². The fraction of sp³-hybridized carbons (Fsp3) is 0.667. The van der Waals surface area contributed by atoms with Crippen LogP contribution in [-0.4, -0.2) is 36.0 Å². The normalized spacial score (nSPS) is 12.1. The van der Waals surface area contributed by atoms with Crippen LogP contribution in [0.5, 0.6) is 0 Å². The van der Waals surface area contributed by atoms with E-state index in [0.717, 1.165) is 6.42 Å². The Hall–Kier alpha value is -0.0210. The summed E-state index contributed by atoms with van der Waals surface area (Å²) in [4.78, 5) is 4.26. The molecule has 0 radical (unpaired) electrons. The Morgan fingerprint density at radius 2 is 1.82 bits per heavy atom. The molecule has 0 rings (SSSR count). The van der Waals surface area contributed by atoms with Crippen LogP contribution < -0.4 is 5.73 Å². The van der Waals surface area contributed by atoms with Gasteiger partial charge in [0.25, 0.3) is 0 Å². The first-order chi connectivity index (χ1) is 5.20. The average molecular weight is 281 g/mol. The van der Waals surface area contributed by atoms with E-state index in [0.29, 0.717) is 0 Å². The van der Waals surface area contributed by atoms with Gasteiger partial charge in [-0.25, -0.2) is 0 Å². The van der Waals surface area contributed by atoms with Gasteiger partial charge < -0.3 is 0 Å². The number of nitrogens with zero attached hydrogens (tertiary/aromatic N) is 2. The monoisotopic (exact) mass is 283 g/mol. The van der Waals surface area contributed by atoms with Crippen LogP contribution in [0.4, 0.5) is 0 Å². The minimum absolute atomic E-state index is 0.0522. The zero-order valence-electron chi connectivity index (χ0n) is 6.15. The van der Waals surface area contributed by atoms with Crippen LogP contribution in [0.25, 0.3) is 0 Å². The first-order valence-electron chi connectivity index (χ1n) is 3.05. The average Bonchev–Trinajstić information content (AvgIpc) is 1.87. The van der Waals surface area contributed by atoms with Crippen LogP contribution in [0, 0.1) is 20.5 Å². The Balaban J connectivity index is 3.73. The number of hydrogen-bond donors (Lipinski definition) is 1. The Morgan fingerprint density at radius 3 is 2.09 bits per heavy atom. The molecule has 0 aliphatic rings. The molecule has 0 fully saturated rings. The van der Waals surface area contributed by atoms with Crippen molar-refractivity contribution in [3.8, 4) is 9.94 Å². The van der Waals surface area contributed by atoms with Crippen molar-refractivity contribution < 1.29 is 0 Å². The summed E-state index contributed by atoms with van der Waals surface area (Å²) in [6.45, 7) is 1.91. The van der Waals surface area contributed by atoms with Crippen LogP contribution in [0.2, 0.25) is 3.71 Å². The van der Waals surface area contributed by atoms with E-state index in [9.17, 15) is 0 Å². The van der Waals surface area contributed by atoms with Gasteiger partial charge in [0.1, 0.15) is 0 Å². The van der Waals surface area contributed by atoms with Gasteiger partial charge in [-0.15, -0.1) is 0 Å². The van der Waals surface area contributed by atoms with Crippen LogP contribution in [0.15, 0.2) is 0 Å². The van der Waals surface area contributed by atoms with Gasteiger partial charge in [0.15, 0.2) is 0 Å². The number of nitrogens with two attached hydrogens (primary N) is 1. The third-order valence-corrected chi connectivity index (χ3v) is 5.38. The van der Waals surface area contributed by atoms with Crippen LogP contribution in [0.3, 0.4) is 0 Å². The van der Waals surface area contributed by atoms with E-state index in [4.69, 9.17) is 16.3 Å². The summed E-state index contributed by atoms with van der Waals surface area (Å²) in [5.41, 5.74) is 5.56. The molecule has 0 spiro atoms. The number of rotatable bonds is 4. The maximum absolute atomic E-state index is 8.41. The van der Waals surface area contributed by atoms with Gasteiger partial charge in [-0.2, -0.15) is 0 Å². The molecule has 2 N–H and O–H groups in total. The molecule has 0 heterocycles. The summed E-state index contributed by atoms with van der Waals surface area (Å²) < 4.78 is 0.282. The summed E-state index contributed by atoms with van der Waals surface area (Å²) in [5, 5.41) is 16.8. The Bertz CT molecular complexity index is 163. The second kappa shape index (κ2) is 6.67. The third kappa shape index (κ3) is 6.38. The van der Waals surface area contributed by atoms with Crippen molar-refractivity contribution in [3.05, 3.63) is 0 Å². The fourth-order valence-electron chi connectivity index (χ4n) is 0.541. The molecule has 1 unspecified atom stereocenters. The third-order valence-electron chi connectivity index (χ3n) is 0.933.